The van der Waals surface area contributed by atoms with Crippen molar-refractivity contribution in [3.63, 3.8) is 0 Å². The van der Waals surface area contributed by atoms with E-state index in [1.807, 2.05) is 0 Å². The van der Waals surface area contributed by atoms with Gasteiger partial charge in [0.05, 0.1) is 0 Å². The van der Waals surface area contributed by atoms with Crippen LogP contribution in [0.15, 0.2) is 11.1 Å². The summed E-state index contributed by atoms with van der Waals surface area (Å²) in [7, 11) is 1.57. The number of allylic oxidation sites excluding steroid dienone is 1. The summed E-state index contributed by atoms with van der Waals surface area (Å²) in [6.07, 6.45) is 1.29. The Balaban J connectivity index is 3.70. The van der Waals surface area contributed by atoms with Crippen LogP contribution in [0, 0.1) is 0 Å². The quantitative estimate of drug-likeness (QED) is 0.344. The number of carbonyl (C=O) groups excluding carboxylic acids is 1. The molecule has 0 rings (SSSR count). The van der Waals surface area contributed by atoms with Crippen molar-refractivity contribution in [2.75, 3.05) is 7.05 Å². The zero-order valence-corrected chi connectivity index (χ0v) is 4.43. The van der Waals surface area contributed by atoms with Crippen LogP contribution in [0.1, 0.15) is 6.92 Å². The highest BCUT2D eigenvalue weighted by molar-refractivity contribution is 5.94. The molecule has 0 atom stereocenters. The monoisotopic (exact) mass is 97.1 g/mol. The summed E-state index contributed by atoms with van der Waals surface area (Å²) in [5.41, 5.74) is 0. The molecule has 7 heavy (non-hydrogen) atoms. The summed E-state index contributed by atoms with van der Waals surface area (Å²) < 4.78 is 0. The smallest absolute Gasteiger partial charge is 0.161 e. The van der Waals surface area contributed by atoms with Crippen LogP contribution in [0.2, 0.25) is 0 Å². The van der Waals surface area contributed by atoms with E-state index in [1.54, 1.807) is 7.05 Å². The summed E-state index contributed by atoms with van der Waals surface area (Å²) in [4.78, 5) is 13.5. The van der Waals surface area contributed by atoms with Gasteiger partial charge >= 0.3 is 0 Å². The van der Waals surface area contributed by atoms with Crippen LogP contribution in [-0.2, 0) is 4.79 Å². The zero-order valence-electron chi connectivity index (χ0n) is 4.43. The molecule has 0 amide bonds. The minimum atomic E-state index is -0.0226. The normalized spacial score (nSPS) is 6.57. The van der Waals surface area contributed by atoms with E-state index in [0.717, 1.165) is 0 Å². The fourth-order valence-corrected chi connectivity index (χ4v) is 0.155. The molecule has 0 heterocycles. The van der Waals surface area contributed by atoms with Crippen molar-refractivity contribution in [1.29, 1.82) is 0 Å². The fourth-order valence-electron chi connectivity index (χ4n) is 0.155. The third kappa shape index (κ3) is 5.12. The highest BCUT2D eigenvalue weighted by atomic mass is 16.1. The molecule has 38 valence electrons. The van der Waals surface area contributed by atoms with E-state index in [2.05, 4.69) is 10.9 Å². The molecule has 0 bridgehead atoms. The van der Waals surface area contributed by atoms with Crippen molar-refractivity contribution in [3.05, 3.63) is 6.08 Å². The highest BCUT2D eigenvalue weighted by Gasteiger charge is 1.74. The van der Waals surface area contributed by atoms with Gasteiger partial charge in [-0.05, 0) is 12.8 Å². The first-order valence-corrected chi connectivity index (χ1v) is 1.95. The Labute approximate surface area is 42.6 Å². The third-order valence-corrected chi connectivity index (χ3v) is 0.397. The summed E-state index contributed by atoms with van der Waals surface area (Å²) in [6, 6.07) is 0. The first kappa shape index (κ1) is 6.12. The molecule has 0 fully saturated rings. The highest BCUT2D eigenvalue weighted by Crippen LogP contribution is 1.62. The zero-order chi connectivity index (χ0) is 5.70. The van der Waals surface area contributed by atoms with Gasteiger partial charge in [-0.1, -0.05) is 0 Å². The minimum Gasteiger partial charge on any atom is -0.294 e. The lowest BCUT2D eigenvalue weighted by molar-refractivity contribution is -0.112. The van der Waals surface area contributed by atoms with E-state index in [4.69, 9.17) is 0 Å². The minimum absolute atomic E-state index is 0.0226. The van der Waals surface area contributed by atoms with E-state index >= 15 is 0 Å². The lowest BCUT2D eigenvalue weighted by Gasteiger charge is -1.65. The van der Waals surface area contributed by atoms with Gasteiger partial charge in [-0.25, -0.2) is 4.99 Å². The molecule has 0 saturated carbocycles. The molecular weight excluding hydrogens is 90.1 g/mol. The van der Waals surface area contributed by atoms with Gasteiger partial charge in [-0.3, -0.25) is 4.79 Å². The molecule has 0 N–H and O–H groups in total. The first-order chi connectivity index (χ1) is 3.27. The number of hydrogen-bond donors (Lipinski definition) is 0. The van der Waals surface area contributed by atoms with Crippen LogP contribution in [-0.4, -0.2) is 18.7 Å². The molecule has 0 spiro atoms. The van der Waals surface area contributed by atoms with Gasteiger partial charge in [0.25, 0.3) is 0 Å². The van der Waals surface area contributed by atoms with Gasteiger partial charge in [0, 0.05) is 13.1 Å². The molecule has 2 nitrogen and oxygen atoms in total. The second kappa shape index (κ2) is 3.32. The largest absolute Gasteiger partial charge is 0.294 e. The lowest BCUT2D eigenvalue weighted by atomic mass is 10.4. The number of rotatable bonds is 1. The van der Waals surface area contributed by atoms with Crippen LogP contribution >= 0.6 is 0 Å². The maximum atomic E-state index is 10.0. The maximum absolute atomic E-state index is 10.0. The summed E-state index contributed by atoms with van der Waals surface area (Å²) >= 11 is 0. The van der Waals surface area contributed by atoms with Crippen LogP contribution in [0.25, 0.3) is 0 Å². The van der Waals surface area contributed by atoms with Gasteiger partial charge < -0.3 is 0 Å². The summed E-state index contributed by atoms with van der Waals surface area (Å²) in [6.45, 7) is 1.46. The van der Waals surface area contributed by atoms with Crippen molar-refractivity contribution < 1.29 is 4.79 Å². The molecule has 0 aliphatic carbocycles. The van der Waals surface area contributed by atoms with Crippen molar-refractivity contribution in [2.24, 2.45) is 4.99 Å². The molecule has 0 aromatic heterocycles. The second-order valence-corrected chi connectivity index (χ2v) is 1.11. The van der Waals surface area contributed by atoms with Crippen LogP contribution < -0.4 is 0 Å². The lowest BCUT2D eigenvalue weighted by Crippen LogP contribution is -1.78. The van der Waals surface area contributed by atoms with Gasteiger partial charge in [0.1, 0.15) is 0 Å². The molecule has 0 saturated heterocycles. The average molecular weight is 97.1 g/mol. The molecule has 0 aliphatic rings. The van der Waals surface area contributed by atoms with Gasteiger partial charge in [-0.15, -0.1) is 0 Å². The number of aliphatic imine (C=N–C) groups is 1. The van der Waals surface area contributed by atoms with Crippen LogP contribution in [0.5, 0.6) is 0 Å². The number of ketones is 1. The number of nitrogens with zero attached hydrogens (tertiary/aromatic N) is 1. The Morgan fingerprint density at radius 3 is 2.57 bits per heavy atom. The molecule has 0 aromatic rings. The van der Waals surface area contributed by atoms with Crippen molar-refractivity contribution in [2.45, 2.75) is 6.92 Å². The standard InChI is InChI=1S/C5H7NO/c1-5(7)3-4-6-2/h3H,1-2H3. The Morgan fingerprint density at radius 2 is 2.43 bits per heavy atom. The Morgan fingerprint density at radius 1 is 1.86 bits per heavy atom. The van der Waals surface area contributed by atoms with Gasteiger partial charge in [0.15, 0.2) is 5.78 Å². The van der Waals surface area contributed by atoms with Crippen molar-refractivity contribution in [3.8, 4) is 0 Å². The molecule has 0 radical (unpaired) electrons. The molecular formula is C5H7NO. The molecule has 0 aliphatic heterocycles. The van der Waals surface area contributed by atoms with Crippen molar-refractivity contribution >= 4 is 11.7 Å². The van der Waals surface area contributed by atoms with E-state index in [-0.39, 0.29) is 5.78 Å². The van der Waals surface area contributed by atoms with E-state index < -0.39 is 0 Å². The average Bonchev–Trinajstić information content (AvgIpc) is 1.61. The maximum Gasteiger partial charge on any atom is 0.161 e. The summed E-state index contributed by atoms with van der Waals surface area (Å²) in [5, 5.41) is 0. The Kier molecular flexibility index (Phi) is 2.90. The van der Waals surface area contributed by atoms with Gasteiger partial charge in [-0.2, -0.15) is 0 Å². The summed E-state index contributed by atoms with van der Waals surface area (Å²) in [5.74, 6) is 2.38. The molecule has 2 heteroatoms. The SMILES string of the molecule is CN=C=CC(C)=O. The van der Waals surface area contributed by atoms with Crippen molar-refractivity contribution in [1.82, 2.24) is 0 Å². The number of hydrogen-bond acceptors (Lipinski definition) is 2. The van der Waals surface area contributed by atoms with Crippen LogP contribution in [0.3, 0.4) is 0 Å². The van der Waals surface area contributed by atoms with Crippen LogP contribution in [0.4, 0.5) is 0 Å². The third-order valence-electron chi connectivity index (χ3n) is 0.397. The van der Waals surface area contributed by atoms with E-state index in [0.29, 0.717) is 0 Å². The predicted molar refractivity (Wildman–Crippen MR) is 28.6 cm³/mol. The first-order valence-electron chi connectivity index (χ1n) is 1.95. The van der Waals surface area contributed by atoms with E-state index in [1.165, 1.54) is 13.0 Å². The Hall–Kier alpha value is -0.880. The predicted octanol–water partition coefficient (Wildman–Crippen LogP) is 0.431. The topological polar surface area (TPSA) is 29.4 Å². The van der Waals surface area contributed by atoms with Gasteiger partial charge in [0.2, 0.25) is 0 Å². The fraction of sp³-hybridized carbons (Fsp3) is 0.400. The second-order valence-electron chi connectivity index (χ2n) is 1.11. The molecule has 0 unspecified atom stereocenters. The number of carbonyl (C=O) groups is 1. The van der Waals surface area contributed by atoms with E-state index in [9.17, 15) is 4.79 Å². The Bertz CT molecular complexity index is 120. The molecule has 0 aromatic carbocycles.